The lowest BCUT2D eigenvalue weighted by Gasteiger charge is -2.36. The molecule has 9 nitrogen and oxygen atoms in total. The quantitative estimate of drug-likeness (QED) is 0.334. The summed E-state index contributed by atoms with van der Waals surface area (Å²) < 4.78 is 5.04. The zero-order valence-electron chi connectivity index (χ0n) is 13.3. The minimum Gasteiger partial charge on any atom is -0.479 e. The van der Waals surface area contributed by atoms with E-state index in [2.05, 4.69) is 5.32 Å². The first-order valence-corrected chi connectivity index (χ1v) is 7.15. The average molecular weight is 332 g/mol. The number of carbonyl (C=O) groups is 2. The van der Waals surface area contributed by atoms with Crippen molar-refractivity contribution in [3.05, 3.63) is 11.8 Å². The summed E-state index contributed by atoms with van der Waals surface area (Å²) >= 11 is 0. The second-order valence-corrected chi connectivity index (χ2v) is 6.50. The van der Waals surface area contributed by atoms with Crippen LogP contribution in [0.1, 0.15) is 20.8 Å². The molecule has 0 saturated carbocycles. The third-order valence-corrected chi connectivity index (χ3v) is 3.45. The Morgan fingerprint density at radius 1 is 1.39 bits per heavy atom. The van der Waals surface area contributed by atoms with Gasteiger partial charge in [-0.1, -0.05) is 20.8 Å². The Kier molecular flexibility index (Phi) is 6.11. The Hall–Kier alpha value is -1.68. The Morgan fingerprint density at radius 3 is 2.43 bits per heavy atom. The highest BCUT2D eigenvalue weighted by molar-refractivity contribution is 5.84. The number of ether oxygens (including phenoxy) is 1. The van der Waals surface area contributed by atoms with Crippen molar-refractivity contribution >= 4 is 11.9 Å². The predicted octanol–water partition coefficient (Wildman–Crippen LogP) is -2.07. The number of carboxylic acid groups (broad SMARTS) is 1. The van der Waals surface area contributed by atoms with Gasteiger partial charge in [0, 0.05) is 12.0 Å². The monoisotopic (exact) mass is 332 g/mol. The fourth-order valence-corrected chi connectivity index (χ4v) is 1.95. The van der Waals surface area contributed by atoms with Crippen molar-refractivity contribution in [1.29, 1.82) is 0 Å². The Bertz CT molecular complexity index is 486. The van der Waals surface area contributed by atoms with Crippen LogP contribution in [0.2, 0.25) is 0 Å². The smallest absolute Gasteiger partial charge is 0.370 e. The minimum atomic E-state index is -1.59. The van der Waals surface area contributed by atoms with Crippen LogP contribution in [-0.2, 0) is 14.3 Å². The van der Waals surface area contributed by atoms with Crippen LogP contribution in [0.15, 0.2) is 11.8 Å². The molecule has 0 saturated heterocycles. The van der Waals surface area contributed by atoms with Crippen LogP contribution < -0.4 is 11.1 Å². The van der Waals surface area contributed by atoms with E-state index in [1.807, 2.05) is 0 Å². The lowest BCUT2D eigenvalue weighted by atomic mass is 9.93. The van der Waals surface area contributed by atoms with Crippen LogP contribution in [0, 0.1) is 5.41 Å². The van der Waals surface area contributed by atoms with Gasteiger partial charge in [-0.15, -0.1) is 0 Å². The van der Waals surface area contributed by atoms with Crippen molar-refractivity contribution < 1.29 is 34.8 Å². The number of rotatable bonds is 5. The highest BCUT2D eigenvalue weighted by Gasteiger charge is 2.40. The molecular formula is C14H24N2O7. The maximum absolute atomic E-state index is 11.7. The summed E-state index contributed by atoms with van der Waals surface area (Å²) in [7, 11) is 0. The Morgan fingerprint density at radius 2 is 1.96 bits per heavy atom. The molecule has 0 fully saturated rings. The molecule has 1 aliphatic rings. The summed E-state index contributed by atoms with van der Waals surface area (Å²) in [5, 5.41) is 41.2. The third-order valence-electron chi connectivity index (χ3n) is 3.45. The number of carboxylic acids is 1. The summed E-state index contributed by atoms with van der Waals surface area (Å²) in [6, 6.07) is -1.12. The molecule has 2 unspecified atom stereocenters. The third kappa shape index (κ3) is 4.90. The van der Waals surface area contributed by atoms with Crippen LogP contribution in [0.4, 0.5) is 0 Å². The van der Waals surface area contributed by atoms with Gasteiger partial charge < -0.3 is 36.2 Å². The first kappa shape index (κ1) is 19.4. The summed E-state index contributed by atoms with van der Waals surface area (Å²) in [6.07, 6.45) is -4.79. The van der Waals surface area contributed by atoms with E-state index >= 15 is 0 Å². The van der Waals surface area contributed by atoms with Crippen LogP contribution in [-0.4, -0.2) is 69.3 Å². The van der Waals surface area contributed by atoms with Crippen LogP contribution in [0.25, 0.3) is 0 Å². The zero-order chi connectivity index (χ0) is 17.9. The van der Waals surface area contributed by atoms with Gasteiger partial charge in [0.2, 0.25) is 11.7 Å². The number of amides is 1. The van der Waals surface area contributed by atoms with Crippen molar-refractivity contribution in [1.82, 2.24) is 5.32 Å². The van der Waals surface area contributed by atoms with E-state index in [0.717, 1.165) is 6.08 Å². The summed E-state index contributed by atoms with van der Waals surface area (Å²) in [4.78, 5) is 22.7. The lowest BCUT2D eigenvalue weighted by Crippen LogP contribution is -2.58. The molecule has 1 aliphatic heterocycles. The van der Waals surface area contributed by atoms with Crippen molar-refractivity contribution in [3.8, 4) is 0 Å². The SMILES string of the molecule is CC(C)(C)C(=O)NC[C@H](O)[C@H](O)C1OC(C(=O)O)=CC(O)[C@H]1N. The maximum atomic E-state index is 11.7. The second kappa shape index (κ2) is 7.26. The number of hydrogen-bond acceptors (Lipinski definition) is 7. The topological polar surface area (TPSA) is 162 Å². The van der Waals surface area contributed by atoms with Crippen LogP contribution in [0.3, 0.4) is 0 Å². The molecule has 0 bridgehead atoms. The first-order valence-electron chi connectivity index (χ1n) is 7.15. The largest absolute Gasteiger partial charge is 0.479 e. The van der Waals surface area contributed by atoms with Crippen molar-refractivity contribution in [2.45, 2.75) is 51.2 Å². The fourth-order valence-electron chi connectivity index (χ4n) is 1.95. The van der Waals surface area contributed by atoms with E-state index in [9.17, 15) is 24.9 Å². The van der Waals surface area contributed by atoms with Gasteiger partial charge in [-0.05, 0) is 6.08 Å². The van der Waals surface area contributed by atoms with Crippen molar-refractivity contribution in [3.63, 3.8) is 0 Å². The minimum absolute atomic E-state index is 0.272. The lowest BCUT2D eigenvalue weighted by molar-refractivity contribution is -0.145. The summed E-state index contributed by atoms with van der Waals surface area (Å²) in [5.74, 6) is -2.32. The number of aliphatic hydroxyl groups excluding tert-OH is 3. The molecule has 0 aromatic heterocycles. The molecule has 1 heterocycles. The number of aliphatic hydroxyl groups is 3. The molecule has 1 amide bonds. The summed E-state index contributed by atoms with van der Waals surface area (Å²) in [6.45, 7) is 4.79. The van der Waals surface area contributed by atoms with E-state index in [4.69, 9.17) is 15.6 Å². The average Bonchev–Trinajstić information content (AvgIpc) is 2.44. The van der Waals surface area contributed by atoms with E-state index in [1.165, 1.54) is 0 Å². The standard InChI is InChI=1S/C14H24N2O7/c1-14(2,3)13(22)16-5-7(18)10(19)11-9(15)6(17)4-8(23-11)12(20)21/h4,6-7,9-11,17-19H,5,15H2,1-3H3,(H,16,22)(H,20,21)/t6?,7-,9+,10-,11?/m0/s1. The molecule has 7 N–H and O–H groups in total. The van der Waals surface area contributed by atoms with Gasteiger partial charge >= 0.3 is 5.97 Å². The molecule has 5 atom stereocenters. The fraction of sp³-hybridized carbons (Fsp3) is 0.714. The number of aliphatic carboxylic acids is 1. The Labute approximate surface area is 133 Å². The van der Waals surface area contributed by atoms with E-state index in [0.29, 0.717) is 0 Å². The second-order valence-electron chi connectivity index (χ2n) is 6.50. The number of nitrogens with two attached hydrogens (primary N) is 1. The van der Waals surface area contributed by atoms with Crippen LogP contribution >= 0.6 is 0 Å². The van der Waals surface area contributed by atoms with E-state index in [1.54, 1.807) is 20.8 Å². The highest BCUT2D eigenvalue weighted by atomic mass is 16.5. The highest BCUT2D eigenvalue weighted by Crippen LogP contribution is 2.21. The van der Waals surface area contributed by atoms with Crippen molar-refractivity contribution in [2.24, 2.45) is 11.1 Å². The molecule has 0 aliphatic carbocycles. The van der Waals surface area contributed by atoms with Gasteiger partial charge in [-0.25, -0.2) is 4.79 Å². The first-order chi connectivity index (χ1) is 10.4. The molecule has 9 heteroatoms. The molecule has 0 aromatic rings. The van der Waals surface area contributed by atoms with E-state index in [-0.39, 0.29) is 12.5 Å². The molecular weight excluding hydrogens is 308 g/mol. The van der Waals surface area contributed by atoms with Gasteiger partial charge in [0.15, 0.2) is 0 Å². The molecule has 0 radical (unpaired) electrons. The van der Waals surface area contributed by atoms with Gasteiger partial charge in [-0.3, -0.25) is 4.79 Å². The number of nitrogens with one attached hydrogen (secondary N) is 1. The van der Waals surface area contributed by atoms with Gasteiger partial charge in [-0.2, -0.15) is 0 Å². The van der Waals surface area contributed by atoms with Gasteiger partial charge in [0.05, 0.1) is 12.1 Å². The van der Waals surface area contributed by atoms with Crippen LogP contribution in [0.5, 0.6) is 0 Å². The van der Waals surface area contributed by atoms with E-state index < -0.39 is 47.6 Å². The zero-order valence-corrected chi connectivity index (χ0v) is 13.3. The molecule has 132 valence electrons. The molecule has 0 spiro atoms. The maximum Gasteiger partial charge on any atom is 0.370 e. The van der Waals surface area contributed by atoms with Gasteiger partial charge in [0.25, 0.3) is 0 Å². The predicted molar refractivity (Wildman–Crippen MR) is 79.1 cm³/mol. The number of carbonyl (C=O) groups excluding carboxylic acids is 1. The van der Waals surface area contributed by atoms with Gasteiger partial charge in [0.1, 0.15) is 18.3 Å². The van der Waals surface area contributed by atoms with Crippen molar-refractivity contribution in [2.75, 3.05) is 6.54 Å². The molecule has 0 aromatic carbocycles. The normalized spacial score (nSPS) is 27.4. The number of hydrogen-bond donors (Lipinski definition) is 6. The molecule has 23 heavy (non-hydrogen) atoms. The molecule has 1 rings (SSSR count). The Balaban J connectivity index is 2.72. The summed E-state index contributed by atoms with van der Waals surface area (Å²) in [5.41, 5.74) is 5.01.